The van der Waals surface area contributed by atoms with Gasteiger partial charge in [0.05, 0.1) is 0 Å². The van der Waals surface area contributed by atoms with E-state index in [0.29, 0.717) is 16.7 Å². The molecule has 0 fully saturated rings. The number of rotatable bonds is 0. The molecule has 78 valence electrons. The van der Waals surface area contributed by atoms with Crippen LogP contribution in [0.4, 0.5) is 0 Å². The molecule has 0 atom stereocenters. The van der Waals surface area contributed by atoms with Crippen LogP contribution in [0.1, 0.15) is 0 Å². The molecule has 4 heteroatoms. The Labute approximate surface area is 90.8 Å². The topological polar surface area (TPSA) is 58.6 Å². The van der Waals surface area contributed by atoms with Crippen LogP contribution in [-0.4, -0.2) is 10.2 Å². The van der Waals surface area contributed by atoms with E-state index < -0.39 is 0 Å². The molecule has 0 spiro atoms. The van der Waals surface area contributed by atoms with Gasteiger partial charge in [-0.2, -0.15) is 0 Å². The van der Waals surface area contributed by atoms with E-state index in [9.17, 15) is 0 Å². The van der Waals surface area contributed by atoms with Gasteiger partial charge in [-0.1, -0.05) is 17.3 Å². The number of nitrogens with zero attached hydrogens (tertiary/aromatic N) is 2. The molecule has 1 N–H and O–H groups in total. The lowest BCUT2D eigenvalue weighted by atomic mass is 10.2. The maximum absolute atomic E-state index is 8.67. The highest BCUT2D eigenvalue weighted by atomic mass is 16.4. The lowest BCUT2D eigenvalue weighted by molar-refractivity contribution is 0.301. The summed E-state index contributed by atoms with van der Waals surface area (Å²) in [6.07, 6.45) is 0. The van der Waals surface area contributed by atoms with Gasteiger partial charge >= 0.3 is 0 Å². The van der Waals surface area contributed by atoms with Gasteiger partial charge in [-0.25, -0.2) is 4.98 Å². The predicted octanol–water partition coefficient (Wildman–Crippen LogP) is 2.22. The van der Waals surface area contributed by atoms with E-state index in [0.717, 1.165) is 11.2 Å². The maximum Gasteiger partial charge on any atom is 0.155 e. The van der Waals surface area contributed by atoms with Crippen molar-refractivity contribution in [1.29, 1.82) is 0 Å². The summed E-state index contributed by atoms with van der Waals surface area (Å²) in [7, 11) is 0. The number of benzene rings is 2. The first-order chi connectivity index (χ1) is 7.86. The maximum atomic E-state index is 8.67. The summed E-state index contributed by atoms with van der Waals surface area (Å²) >= 11 is 0. The summed E-state index contributed by atoms with van der Waals surface area (Å²) in [5, 5.41) is 12.2. The van der Waals surface area contributed by atoms with Crippen molar-refractivity contribution >= 4 is 11.1 Å². The van der Waals surface area contributed by atoms with Crippen LogP contribution in [0, 0.1) is 0 Å². The summed E-state index contributed by atoms with van der Waals surface area (Å²) in [5.41, 5.74) is 2.26. The van der Waals surface area contributed by atoms with E-state index in [1.54, 1.807) is 18.2 Å². The molecule has 0 bridgehead atoms. The molecule has 2 aliphatic rings. The van der Waals surface area contributed by atoms with Gasteiger partial charge in [0.1, 0.15) is 16.6 Å². The van der Waals surface area contributed by atoms with Crippen molar-refractivity contribution in [3.05, 3.63) is 47.8 Å². The van der Waals surface area contributed by atoms with Crippen molar-refractivity contribution < 1.29 is 9.62 Å². The summed E-state index contributed by atoms with van der Waals surface area (Å²) in [6, 6.07) is 12.6. The zero-order valence-corrected chi connectivity index (χ0v) is 8.29. The number of aromatic nitrogens is 1. The van der Waals surface area contributed by atoms with Crippen molar-refractivity contribution in [2.75, 3.05) is 0 Å². The van der Waals surface area contributed by atoms with E-state index in [2.05, 4.69) is 10.1 Å². The smallest absolute Gasteiger partial charge is 0.155 e. The van der Waals surface area contributed by atoms with Crippen LogP contribution in [0.25, 0.3) is 22.6 Å². The van der Waals surface area contributed by atoms with E-state index in [4.69, 9.17) is 9.62 Å². The third-order valence-electron chi connectivity index (χ3n) is 2.38. The fourth-order valence-corrected chi connectivity index (χ4v) is 1.62. The van der Waals surface area contributed by atoms with E-state index in [-0.39, 0.29) is 0 Å². The number of fused-ring (bicyclic) bond motifs is 2. The quantitative estimate of drug-likeness (QED) is 0.353. The van der Waals surface area contributed by atoms with E-state index >= 15 is 0 Å². The third-order valence-corrected chi connectivity index (χ3v) is 2.38. The van der Waals surface area contributed by atoms with Gasteiger partial charge in [-0.3, -0.25) is 0 Å². The van der Waals surface area contributed by atoms with Crippen LogP contribution in [0.3, 0.4) is 0 Å². The molecule has 1 aromatic rings. The Morgan fingerprint density at radius 2 is 2.00 bits per heavy atom. The molecule has 0 unspecified atom stereocenters. The number of hydrogen-bond donors (Lipinski definition) is 1. The average molecular weight is 212 g/mol. The average Bonchev–Trinajstić information content (AvgIpc) is 2.35. The van der Waals surface area contributed by atoms with E-state index in [1.165, 1.54) is 0 Å². The van der Waals surface area contributed by atoms with Crippen molar-refractivity contribution in [2.24, 2.45) is 5.16 Å². The summed E-state index contributed by atoms with van der Waals surface area (Å²) < 4.78 is 5.66. The molecule has 1 aliphatic heterocycles. The molecule has 16 heavy (non-hydrogen) atoms. The Hall–Kier alpha value is -2.36. The van der Waals surface area contributed by atoms with Crippen molar-refractivity contribution in [2.45, 2.75) is 0 Å². The molecule has 4 nitrogen and oxygen atoms in total. The Morgan fingerprint density at radius 1 is 1.12 bits per heavy atom. The summed E-state index contributed by atoms with van der Waals surface area (Å²) in [4.78, 5) is 4.44. The van der Waals surface area contributed by atoms with Crippen LogP contribution >= 0.6 is 0 Å². The normalized spacial score (nSPS) is 12.4. The molecule has 0 aromatic heterocycles. The Bertz CT molecular complexity index is 688. The van der Waals surface area contributed by atoms with Crippen molar-refractivity contribution in [3.63, 3.8) is 0 Å². The second-order valence-electron chi connectivity index (χ2n) is 3.43. The second kappa shape index (κ2) is 3.34. The molecule has 1 aliphatic carbocycles. The highest BCUT2D eigenvalue weighted by Crippen LogP contribution is 2.22. The lowest BCUT2D eigenvalue weighted by Crippen LogP contribution is -2.01. The number of para-hydroxylation sites is 2. The molecule has 0 amide bonds. The van der Waals surface area contributed by atoms with Crippen LogP contribution in [-0.2, 0) is 0 Å². The number of hydrogen-bond acceptors (Lipinski definition) is 4. The van der Waals surface area contributed by atoms with E-state index in [1.807, 2.05) is 24.3 Å². The summed E-state index contributed by atoms with van der Waals surface area (Å²) in [5.74, 6) is 0.606. The molecule has 1 heterocycles. The summed E-state index contributed by atoms with van der Waals surface area (Å²) in [6.45, 7) is 0. The van der Waals surface area contributed by atoms with Crippen LogP contribution in [0.5, 0.6) is 0 Å². The standard InChI is InChI=1S/C12H8N2O2/c15-14-8-5-6-10-12(7-8)16-11-4-2-1-3-9(11)13-10/h1-7,15H/b14-8-. The van der Waals surface area contributed by atoms with Gasteiger partial charge < -0.3 is 9.62 Å². The van der Waals surface area contributed by atoms with Gasteiger partial charge in [0, 0.05) is 6.07 Å². The lowest BCUT2D eigenvalue weighted by Gasteiger charge is -2.04. The predicted molar refractivity (Wildman–Crippen MR) is 58.0 cm³/mol. The first-order valence-corrected chi connectivity index (χ1v) is 4.84. The fourth-order valence-electron chi connectivity index (χ4n) is 1.62. The SMILES string of the molecule is O/N=c1/ccc2nc3ccccc3oc-2c1. The molecule has 0 saturated heterocycles. The molecule has 1 aromatic carbocycles. The van der Waals surface area contributed by atoms with Crippen LogP contribution in [0.2, 0.25) is 0 Å². The minimum absolute atomic E-state index is 0.452. The van der Waals surface area contributed by atoms with Gasteiger partial charge in [-0.05, 0) is 24.3 Å². The molecular formula is C12H8N2O2. The third kappa shape index (κ3) is 1.32. The highest BCUT2D eigenvalue weighted by Gasteiger charge is 2.07. The monoisotopic (exact) mass is 212 g/mol. The van der Waals surface area contributed by atoms with Crippen LogP contribution in [0.15, 0.2) is 52.0 Å². The van der Waals surface area contributed by atoms with Gasteiger partial charge in [0.15, 0.2) is 11.3 Å². The minimum Gasteiger partial charge on any atom is -0.453 e. The Kier molecular flexibility index (Phi) is 1.86. The molecular weight excluding hydrogens is 204 g/mol. The highest BCUT2D eigenvalue weighted by molar-refractivity contribution is 5.75. The minimum atomic E-state index is 0.452. The molecule has 0 saturated carbocycles. The second-order valence-corrected chi connectivity index (χ2v) is 3.43. The zero-order chi connectivity index (χ0) is 11.0. The Morgan fingerprint density at radius 3 is 2.88 bits per heavy atom. The van der Waals surface area contributed by atoms with Gasteiger partial charge in [0.2, 0.25) is 0 Å². The van der Waals surface area contributed by atoms with Gasteiger partial charge in [-0.15, -0.1) is 0 Å². The van der Waals surface area contributed by atoms with Gasteiger partial charge in [0.25, 0.3) is 0 Å². The first-order valence-electron chi connectivity index (χ1n) is 4.84. The van der Waals surface area contributed by atoms with Crippen molar-refractivity contribution in [1.82, 2.24) is 4.98 Å². The largest absolute Gasteiger partial charge is 0.453 e. The zero-order valence-electron chi connectivity index (χ0n) is 8.29. The fraction of sp³-hybridized carbons (Fsp3) is 0. The Balaban J connectivity index is 2.44. The first kappa shape index (κ1) is 8.91. The van der Waals surface area contributed by atoms with Crippen molar-refractivity contribution in [3.8, 4) is 11.5 Å². The molecule has 0 radical (unpaired) electrons. The molecule has 3 rings (SSSR count). The van der Waals surface area contributed by atoms with Crippen LogP contribution < -0.4 is 5.36 Å².